The minimum absolute atomic E-state index is 0. The number of nitrogens with one attached hydrogen (secondary N) is 1. The Morgan fingerprint density at radius 1 is 1.22 bits per heavy atom. The van der Waals surface area contributed by atoms with Gasteiger partial charge >= 0.3 is 0 Å². The van der Waals surface area contributed by atoms with Crippen LogP contribution >= 0.6 is 12.4 Å². The van der Waals surface area contributed by atoms with Gasteiger partial charge in [0.05, 0.1) is 12.8 Å². The van der Waals surface area contributed by atoms with Gasteiger partial charge in [0.25, 0.3) is 0 Å². The lowest BCUT2D eigenvalue weighted by Gasteiger charge is -2.23. The summed E-state index contributed by atoms with van der Waals surface area (Å²) in [4.78, 5) is 6.89. The number of rotatable bonds is 6. The Morgan fingerprint density at radius 2 is 2.15 bits per heavy atom. The highest BCUT2D eigenvalue weighted by atomic mass is 35.5. The number of aromatic nitrogens is 1. The summed E-state index contributed by atoms with van der Waals surface area (Å²) in [6, 6.07) is 12.0. The fraction of sp³-hybridized carbons (Fsp3) is 0.476. The Bertz CT molecular complexity index is 735. The lowest BCUT2D eigenvalue weighted by atomic mass is 9.86. The van der Waals surface area contributed by atoms with Crippen molar-refractivity contribution in [3.8, 4) is 11.5 Å². The van der Waals surface area contributed by atoms with E-state index in [1.54, 1.807) is 13.3 Å². The highest BCUT2D eigenvalue weighted by molar-refractivity contribution is 5.85. The van der Waals surface area contributed by atoms with Gasteiger partial charge in [0.1, 0.15) is 18.1 Å². The molecule has 1 N–H and O–H groups in total. The zero-order chi connectivity index (χ0) is 17.8. The maximum atomic E-state index is 6.09. The number of pyridine rings is 1. The standard InChI is InChI=1S/C21H27N3O2.ClH/c1-25-19-5-6-20(26-14-18-4-2-3-9-23-18)17(12-19)13-24-11-8-21(16-24)7-10-22-15-21;/h2-6,9,12,22H,7-8,10-11,13-16H2,1H3;1H. The summed E-state index contributed by atoms with van der Waals surface area (Å²) in [5, 5.41) is 3.53. The molecule has 4 rings (SSSR count). The molecule has 3 heterocycles. The highest BCUT2D eigenvalue weighted by Gasteiger charge is 2.40. The van der Waals surface area contributed by atoms with Crippen molar-refractivity contribution in [3.63, 3.8) is 0 Å². The van der Waals surface area contributed by atoms with Gasteiger partial charge in [-0.2, -0.15) is 0 Å². The molecule has 1 aromatic carbocycles. The van der Waals surface area contributed by atoms with Crippen molar-refractivity contribution in [1.82, 2.24) is 15.2 Å². The van der Waals surface area contributed by atoms with Crippen molar-refractivity contribution >= 4 is 12.4 Å². The Labute approximate surface area is 167 Å². The second kappa shape index (κ2) is 8.91. The summed E-state index contributed by atoms with van der Waals surface area (Å²) < 4.78 is 11.5. The van der Waals surface area contributed by atoms with Crippen LogP contribution in [0.5, 0.6) is 11.5 Å². The van der Waals surface area contributed by atoms with Gasteiger partial charge in [-0.25, -0.2) is 0 Å². The van der Waals surface area contributed by atoms with E-state index in [0.717, 1.165) is 49.9 Å². The minimum Gasteiger partial charge on any atom is -0.497 e. The number of nitrogens with zero attached hydrogens (tertiary/aromatic N) is 2. The van der Waals surface area contributed by atoms with Crippen molar-refractivity contribution in [2.75, 3.05) is 33.3 Å². The van der Waals surface area contributed by atoms with Gasteiger partial charge in [0.2, 0.25) is 0 Å². The van der Waals surface area contributed by atoms with E-state index in [9.17, 15) is 0 Å². The van der Waals surface area contributed by atoms with Gasteiger partial charge in [-0.1, -0.05) is 6.07 Å². The summed E-state index contributed by atoms with van der Waals surface area (Å²) in [5.41, 5.74) is 2.60. The molecular formula is C21H28ClN3O2. The van der Waals surface area contributed by atoms with Crippen LogP contribution in [0.3, 0.4) is 0 Å². The maximum Gasteiger partial charge on any atom is 0.130 e. The third-order valence-corrected chi connectivity index (χ3v) is 5.61. The molecule has 2 fully saturated rings. The molecule has 2 saturated heterocycles. The van der Waals surface area contributed by atoms with Crippen LogP contribution in [0.4, 0.5) is 0 Å². The topological polar surface area (TPSA) is 46.6 Å². The number of hydrogen-bond acceptors (Lipinski definition) is 5. The van der Waals surface area contributed by atoms with Crippen LogP contribution in [0.2, 0.25) is 0 Å². The van der Waals surface area contributed by atoms with E-state index in [-0.39, 0.29) is 12.4 Å². The number of ether oxygens (including phenoxy) is 2. The van der Waals surface area contributed by atoms with Gasteiger partial charge in [0, 0.05) is 31.4 Å². The SMILES string of the molecule is COc1ccc(OCc2ccccn2)c(CN2CCC3(CCNC3)C2)c1.Cl. The highest BCUT2D eigenvalue weighted by Crippen LogP contribution is 2.37. The predicted molar refractivity (Wildman–Crippen MR) is 109 cm³/mol. The molecule has 2 aromatic rings. The monoisotopic (exact) mass is 389 g/mol. The maximum absolute atomic E-state index is 6.09. The summed E-state index contributed by atoms with van der Waals surface area (Å²) in [6.07, 6.45) is 4.38. The fourth-order valence-electron chi connectivity index (χ4n) is 4.13. The van der Waals surface area contributed by atoms with Crippen LogP contribution in [0.25, 0.3) is 0 Å². The molecule has 0 aliphatic carbocycles. The molecule has 146 valence electrons. The average molecular weight is 390 g/mol. The first-order valence-electron chi connectivity index (χ1n) is 9.39. The predicted octanol–water partition coefficient (Wildman–Crippen LogP) is 3.28. The zero-order valence-corrected chi connectivity index (χ0v) is 16.6. The van der Waals surface area contributed by atoms with E-state index in [1.807, 2.05) is 30.3 Å². The van der Waals surface area contributed by atoms with Crippen LogP contribution in [-0.4, -0.2) is 43.2 Å². The van der Waals surface area contributed by atoms with Crippen molar-refractivity contribution in [2.45, 2.75) is 26.0 Å². The van der Waals surface area contributed by atoms with Crippen LogP contribution < -0.4 is 14.8 Å². The van der Waals surface area contributed by atoms with Crippen molar-refractivity contribution < 1.29 is 9.47 Å². The van der Waals surface area contributed by atoms with E-state index in [4.69, 9.17) is 9.47 Å². The molecule has 1 unspecified atom stereocenters. The Hall–Kier alpha value is -1.82. The molecular weight excluding hydrogens is 362 g/mol. The van der Waals surface area contributed by atoms with E-state index >= 15 is 0 Å². The first kappa shape index (κ1) is 19.9. The van der Waals surface area contributed by atoms with Crippen molar-refractivity contribution in [3.05, 3.63) is 53.9 Å². The van der Waals surface area contributed by atoms with Crippen LogP contribution in [0.15, 0.2) is 42.6 Å². The molecule has 1 atom stereocenters. The van der Waals surface area contributed by atoms with Crippen molar-refractivity contribution in [1.29, 1.82) is 0 Å². The summed E-state index contributed by atoms with van der Waals surface area (Å²) in [6.45, 7) is 6.01. The van der Waals surface area contributed by atoms with Crippen LogP contribution in [-0.2, 0) is 13.2 Å². The van der Waals surface area contributed by atoms with E-state index in [2.05, 4.69) is 21.3 Å². The van der Waals surface area contributed by atoms with E-state index in [1.165, 1.54) is 18.4 Å². The molecule has 2 aliphatic rings. The molecule has 0 bridgehead atoms. The largest absolute Gasteiger partial charge is 0.497 e. The van der Waals surface area contributed by atoms with Crippen molar-refractivity contribution in [2.24, 2.45) is 5.41 Å². The molecule has 5 nitrogen and oxygen atoms in total. The Balaban J connectivity index is 0.00000210. The lowest BCUT2D eigenvalue weighted by Crippen LogP contribution is -2.29. The first-order valence-corrected chi connectivity index (χ1v) is 9.39. The number of halogens is 1. The molecule has 1 spiro atoms. The second-order valence-electron chi connectivity index (χ2n) is 7.47. The van der Waals surface area contributed by atoms with Gasteiger partial charge < -0.3 is 14.8 Å². The minimum atomic E-state index is 0. The number of benzene rings is 1. The second-order valence-corrected chi connectivity index (χ2v) is 7.47. The Kier molecular flexibility index (Phi) is 6.58. The van der Waals surface area contributed by atoms with Crippen LogP contribution in [0, 0.1) is 5.41 Å². The lowest BCUT2D eigenvalue weighted by molar-refractivity contribution is 0.256. The average Bonchev–Trinajstić information content (AvgIpc) is 3.31. The smallest absolute Gasteiger partial charge is 0.130 e. The molecule has 1 aromatic heterocycles. The summed E-state index contributed by atoms with van der Waals surface area (Å²) in [5.74, 6) is 1.79. The normalized spacial score (nSPS) is 22.0. The first-order chi connectivity index (χ1) is 12.8. The number of hydrogen-bond donors (Lipinski definition) is 1. The van der Waals surface area contributed by atoms with Gasteiger partial charge in [0.15, 0.2) is 0 Å². The number of likely N-dealkylation sites (tertiary alicyclic amines) is 1. The molecule has 0 radical (unpaired) electrons. The molecule has 2 aliphatic heterocycles. The van der Waals surface area contributed by atoms with Gasteiger partial charge in [-0.05, 0) is 61.7 Å². The third kappa shape index (κ3) is 4.72. The third-order valence-electron chi connectivity index (χ3n) is 5.61. The van der Waals surface area contributed by atoms with E-state index < -0.39 is 0 Å². The molecule has 6 heteroatoms. The molecule has 27 heavy (non-hydrogen) atoms. The zero-order valence-electron chi connectivity index (χ0n) is 15.8. The Morgan fingerprint density at radius 3 is 2.89 bits per heavy atom. The van der Waals surface area contributed by atoms with Gasteiger partial charge in [-0.3, -0.25) is 9.88 Å². The van der Waals surface area contributed by atoms with Crippen LogP contribution in [0.1, 0.15) is 24.1 Å². The molecule has 0 saturated carbocycles. The number of methoxy groups -OCH3 is 1. The summed E-state index contributed by atoms with van der Waals surface area (Å²) in [7, 11) is 1.71. The van der Waals surface area contributed by atoms with E-state index in [0.29, 0.717) is 12.0 Å². The molecule has 0 amide bonds. The van der Waals surface area contributed by atoms with Gasteiger partial charge in [-0.15, -0.1) is 12.4 Å². The fourth-order valence-corrected chi connectivity index (χ4v) is 4.13. The quantitative estimate of drug-likeness (QED) is 0.821. The summed E-state index contributed by atoms with van der Waals surface area (Å²) >= 11 is 0.